The van der Waals surface area contributed by atoms with Crippen LogP contribution in [0, 0.1) is 13.8 Å². The van der Waals surface area contributed by atoms with E-state index in [1.54, 1.807) is 42.2 Å². The number of nitrogens with zero attached hydrogens (tertiary/aromatic N) is 4. The van der Waals surface area contributed by atoms with Gasteiger partial charge in [-0.2, -0.15) is 5.10 Å². The fraction of sp³-hybridized carbons (Fsp3) is 0.214. The molecule has 5 aromatic rings. The van der Waals surface area contributed by atoms with E-state index in [9.17, 15) is 14.4 Å². The maximum absolute atomic E-state index is 13.0. The van der Waals surface area contributed by atoms with Crippen molar-refractivity contribution < 1.29 is 23.2 Å². The van der Waals surface area contributed by atoms with E-state index in [0.717, 1.165) is 5.56 Å². The third kappa shape index (κ3) is 5.60. The Morgan fingerprint density at radius 2 is 1.93 bits per heavy atom. The summed E-state index contributed by atoms with van der Waals surface area (Å²) in [5.41, 5.74) is 4.15. The number of anilines is 2. The highest BCUT2D eigenvalue weighted by molar-refractivity contribution is 6.05. The third-order valence-electron chi connectivity index (χ3n) is 6.33. The van der Waals surface area contributed by atoms with E-state index in [1.165, 1.54) is 13.0 Å². The Balaban J connectivity index is 1.23. The highest BCUT2D eigenvalue weighted by Crippen LogP contribution is 2.23. The fourth-order valence-electron chi connectivity index (χ4n) is 4.13. The van der Waals surface area contributed by atoms with Crippen molar-refractivity contribution in [3.63, 3.8) is 0 Å². The molecule has 2 N–H and O–H groups in total. The zero-order valence-electron chi connectivity index (χ0n) is 22.2. The zero-order chi connectivity index (χ0) is 28.4. The van der Waals surface area contributed by atoms with Gasteiger partial charge in [0.25, 0.3) is 5.91 Å². The second-order valence-corrected chi connectivity index (χ2v) is 9.22. The van der Waals surface area contributed by atoms with Crippen LogP contribution in [-0.2, 0) is 18.4 Å². The second kappa shape index (κ2) is 10.8. The van der Waals surface area contributed by atoms with Crippen molar-refractivity contribution in [2.75, 3.05) is 10.6 Å². The van der Waals surface area contributed by atoms with Gasteiger partial charge in [0.2, 0.25) is 0 Å². The molecular formula is C28H26N6O6. The predicted octanol–water partition coefficient (Wildman–Crippen LogP) is 4.31. The van der Waals surface area contributed by atoms with Crippen molar-refractivity contribution in [1.82, 2.24) is 19.7 Å². The molecule has 0 aliphatic heterocycles. The summed E-state index contributed by atoms with van der Waals surface area (Å²) in [6.45, 7) is 4.98. The number of benzene rings is 2. The van der Waals surface area contributed by atoms with E-state index in [-0.39, 0.29) is 35.6 Å². The standard InChI is InChI=1S/C28H26N6O6/c1-15-10-19(8-9-21(15)27(36)38-14-23-17(3)39-28(37)40-23)26(35)32-20-7-5-6-18(11-20)16(2)31-24-13-29-22-12-30-34(4)25(22)33-24/h5-13,16H,14H2,1-4H3,(H,31,33)(H,32,35)/t16-/m0/s1. The van der Waals surface area contributed by atoms with Gasteiger partial charge >= 0.3 is 11.8 Å². The second-order valence-electron chi connectivity index (χ2n) is 9.22. The number of fused-ring (bicyclic) bond motifs is 1. The number of hydrogen-bond donors (Lipinski definition) is 2. The molecule has 12 nitrogen and oxygen atoms in total. The van der Waals surface area contributed by atoms with Crippen LogP contribution < -0.4 is 16.5 Å². The summed E-state index contributed by atoms with van der Waals surface area (Å²) in [4.78, 5) is 45.6. The molecule has 3 aromatic heterocycles. The molecular weight excluding hydrogens is 516 g/mol. The SMILES string of the molecule is Cc1cc(C(=O)Nc2cccc([C@H](C)Nc3cnc4cnn(C)c4n3)c2)ccc1C(=O)OCc1oc(=O)oc1C. The van der Waals surface area contributed by atoms with E-state index >= 15 is 0 Å². The molecule has 2 aromatic carbocycles. The highest BCUT2D eigenvalue weighted by Gasteiger charge is 2.17. The number of nitrogens with one attached hydrogen (secondary N) is 2. The molecule has 0 aliphatic carbocycles. The van der Waals surface area contributed by atoms with Crippen LogP contribution >= 0.6 is 0 Å². The molecule has 0 saturated heterocycles. The molecule has 5 rings (SSSR count). The average molecular weight is 543 g/mol. The zero-order valence-corrected chi connectivity index (χ0v) is 22.2. The van der Waals surface area contributed by atoms with E-state index in [1.807, 2.05) is 32.2 Å². The molecule has 0 spiro atoms. The quantitative estimate of drug-likeness (QED) is 0.271. The van der Waals surface area contributed by atoms with Gasteiger partial charge in [-0.25, -0.2) is 24.2 Å². The van der Waals surface area contributed by atoms with Gasteiger partial charge < -0.3 is 24.2 Å². The van der Waals surface area contributed by atoms with E-state index in [4.69, 9.17) is 13.6 Å². The van der Waals surface area contributed by atoms with E-state index < -0.39 is 11.8 Å². The number of amides is 1. The first-order valence-corrected chi connectivity index (χ1v) is 12.4. The van der Waals surface area contributed by atoms with Crippen molar-refractivity contribution >= 4 is 34.5 Å². The molecule has 0 radical (unpaired) electrons. The lowest BCUT2D eigenvalue weighted by Crippen LogP contribution is -2.14. The summed E-state index contributed by atoms with van der Waals surface area (Å²) in [5, 5.41) is 10.4. The topological polar surface area (TPSA) is 154 Å². The molecule has 1 amide bonds. The summed E-state index contributed by atoms with van der Waals surface area (Å²) >= 11 is 0. The maximum Gasteiger partial charge on any atom is 0.519 e. The van der Waals surface area contributed by atoms with Crippen LogP contribution in [0.2, 0.25) is 0 Å². The number of aryl methyl sites for hydroxylation is 3. The maximum atomic E-state index is 13.0. The van der Waals surface area contributed by atoms with Crippen molar-refractivity contribution in [2.45, 2.75) is 33.4 Å². The van der Waals surface area contributed by atoms with Gasteiger partial charge in [0, 0.05) is 18.3 Å². The van der Waals surface area contributed by atoms with Crippen molar-refractivity contribution in [3.8, 4) is 0 Å². The van der Waals surface area contributed by atoms with Crippen molar-refractivity contribution in [2.24, 2.45) is 7.05 Å². The molecule has 3 heterocycles. The number of carbonyl (C=O) groups excluding carboxylic acids is 2. The molecule has 0 unspecified atom stereocenters. The number of hydrogen-bond acceptors (Lipinski definition) is 10. The van der Waals surface area contributed by atoms with E-state index in [2.05, 4.69) is 25.7 Å². The number of aromatic nitrogens is 4. The van der Waals surface area contributed by atoms with Crippen LogP contribution in [-0.4, -0.2) is 31.6 Å². The highest BCUT2D eigenvalue weighted by atomic mass is 16.6. The lowest BCUT2D eigenvalue weighted by molar-refractivity contribution is 0.0442. The van der Waals surface area contributed by atoms with Crippen LogP contribution in [0.3, 0.4) is 0 Å². The Kier molecular flexibility index (Phi) is 7.15. The van der Waals surface area contributed by atoms with Crippen LogP contribution in [0.15, 0.2) is 68.5 Å². The van der Waals surface area contributed by atoms with Gasteiger partial charge in [0.05, 0.1) is 24.0 Å². The Morgan fingerprint density at radius 1 is 1.10 bits per heavy atom. The van der Waals surface area contributed by atoms with Crippen LogP contribution in [0.1, 0.15) is 56.3 Å². The molecule has 0 fully saturated rings. The molecule has 0 bridgehead atoms. The predicted molar refractivity (Wildman–Crippen MR) is 145 cm³/mol. The Hall–Kier alpha value is -5.26. The first kappa shape index (κ1) is 26.4. The Morgan fingerprint density at radius 3 is 2.67 bits per heavy atom. The lowest BCUT2D eigenvalue weighted by atomic mass is 10.0. The molecule has 0 aliphatic rings. The number of rotatable bonds is 8. The fourth-order valence-corrected chi connectivity index (χ4v) is 4.13. The average Bonchev–Trinajstić information content (AvgIpc) is 3.46. The van der Waals surface area contributed by atoms with Crippen molar-refractivity contribution in [3.05, 3.63) is 99.2 Å². The first-order valence-electron chi connectivity index (χ1n) is 12.4. The summed E-state index contributed by atoms with van der Waals surface area (Å²) in [6.07, 6.45) is 3.32. The van der Waals surface area contributed by atoms with Crippen molar-refractivity contribution in [1.29, 1.82) is 0 Å². The Bertz CT molecular complexity index is 1790. The number of esters is 1. The van der Waals surface area contributed by atoms with Gasteiger partial charge in [-0.15, -0.1) is 0 Å². The first-order chi connectivity index (χ1) is 19.2. The molecule has 204 valence electrons. The van der Waals surface area contributed by atoms with Crippen LogP contribution in [0.5, 0.6) is 0 Å². The summed E-state index contributed by atoms with van der Waals surface area (Å²) < 4.78 is 16.5. The third-order valence-corrected chi connectivity index (χ3v) is 6.33. The monoisotopic (exact) mass is 542 g/mol. The van der Waals surface area contributed by atoms with E-state index in [0.29, 0.717) is 33.8 Å². The van der Waals surface area contributed by atoms with Gasteiger partial charge in [-0.1, -0.05) is 12.1 Å². The van der Waals surface area contributed by atoms with Gasteiger partial charge in [-0.05, 0) is 62.2 Å². The summed E-state index contributed by atoms with van der Waals surface area (Å²) in [6, 6.07) is 12.0. The smallest absolute Gasteiger partial charge is 0.454 e. The van der Waals surface area contributed by atoms with Gasteiger partial charge in [0.1, 0.15) is 11.3 Å². The Labute approximate surface area is 228 Å². The van der Waals surface area contributed by atoms with Gasteiger partial charge in [-0.3, -0.25) is 4.79 Å². The van der Waals surface area contributed by atoms with Gasteiger partial charge in [0.15, 0.2) is 23.8 Å². The number of carbonyl (C=O) groups is 2. The minimum Gasteiger partial charge on any atom is -0.454 e. The lowest BCUT2D eigenvalue weighted by Gasteiger charge is -2.16. The summed E-state index contributed by atoms with van der Waals surface area (Å²) in [7, 11) is 1.81. The van der Waals surface area contributed by atoms with Crippen LogP contribution in [0.25, 0.3) is 11.2 Å². The van der Waals surface area contributed by atoms with Crippen LogP contribution in [0.4, 0.5) is 11.5 Å². The minimum absolute atomic E-state index is 0.122. The largest absolute Gasteiger partial charge is 0.519 e. The summed E-state index contributed by atoms with van der Waals surface area (Å²) in [5.74, 6) is -0.810. The molecule has 1 atom stereocenters. The molecule has 12 heteroatoms. The molecule has 40 heavy (non-hydrogen) atoms. The normalized spacial score (nSPS) is 11.8. The molecule has 0 saturated carbocycles. The minimum atomic E-state index is -0.858. The number of ether oxygens (including phenoxy) is 1.